The summed E-state index contributed by atoms with van der Waals surface area (Å²) in [5.74, 6) is 0.757. The van der Waals surface area contributed by atoms with Gasteiger partial charge in [0, 0.05) is 51.1 Å². The van der Waals surface area contributed by atoms with Crippen LogP contribution in [0.4, 0.5) is 15.9 Å². The van der Waals surface area contributed by atoms with Crippen LogP contribution in [0.3, 0.4) is 0 Å². The number of anilines is 2. The summed E-state index contributed by atoms with van der Waals surface area (Å²) < 4.78 is 20.0. The largest absolute Gasteiger partial charge is 0.376 e. The Morgan fingerprint density at radius 3 is 2.66 bits per heavy atom. The van der Waals surface area contributed by atoms with Gasteiger partial charge in [0.25, 0.3) is 5.91 Å². The molecule has 35 heavy (non-hydrogen) atoms. The molecule has 1 amide bonds. The van der Waals surface area contributed by atoms with E-state index in [1.165, 1.54) is 6.07 Å². The second-order valence-corrected chi connectivity index (χ2v) is 9.07. The molecule has 0 radical (unpaired) electrons. The molecule has 2 aromatic carbocycles. The minimum absolute atomic E-state index is 0.0548. The van der Waals surface area contributed by atoms with E-state index in [1.807, 2.05) is 42.2 Å². The van der Waals surface area contributed by atoms with E-state index in [2.05, 4.69) is 15.2 Å². The lowest BCUT2D eigenvalue weighted by molar-refractivity contribution is 0.0857. The Morgan fingerprint density at radius 1 is 1.11 bits per heavy atom. The highest BCUT2D eigenvalue weighted by atomic mass is 19.1. The van der Waals surface area contributed by atoms with Gasteiger partial charge in [-0.05, 0) is 38.0 Å². The number of nitrogens with one attached hydrogen (secondary N) is 1. The number of carbonyl (C=O) groups excluding carboxylic acids is 1. The first kappa shape index (κ1) is 23.2. The molecule has 1 unspecified atom stereocenters. The standard InChI is InChI=1S/C27H30FN5O2/c1-19-6-4-7-20(16-19)25-29-18-22(27(34)30-17-21-8-5-15-35-21)26(31-25)33-13-11-32(12-14-33)24-10-3-2-9-23(24)28/h2-4,6-7,9-10,16,18,21H,5,8,11-15,17H2,1H3,(H,30,34). The van der Waals surface area contributed by atoms with Gasteiger partial charge < -0.3 is 19.9 Å². The summed E-state index contributed by atoms with van der Waals surface area (Å²) in [6, 6.07) is 14.8. The van der Waals surface area contributed by atoms with Crippen molar-refractivity contribution in [3.8, 4) is 11.4 Å². The summed E-state index contributed by atoms with van der Waals surface area (Å²) in [5, 5.41) is 3.00. The number of benzene rings is 2. The van der Waals surface area contributed by atoms with Crippen LogP contribution in [0.25, 0.3) is 11.4 Å². The number of aromatic nitrogens is 2. The number of halogens is 1. The maximum Gasteiger partial charge on any atom is 0.256 e. The molecule has 1 N–H and O–H groups in total. The third-order valence-electron chi connectivity index (χ3n) is 6.58. The number of amides is 1. The van der Waals surface area contributed by atoms with Crippen molar-refractivity contribution in [1.82, 2.24) is 15.3 Å². The van der Waals surface area contributed by atoms with Gasteiger partial charge in [0.05, 0.1) is 11.8 Å². The van der Waals surface area contributed by atoms with Gasteiger partial charge in [0.15, 0.2) is 5.82 Å². The third-order valence-corrected chi connectivity index (χ3v) is 6.58. The van der Waals surface area contributed by atoms with Crippen molar-refractivity contribution in [3.63, 3.8) is 0 Å². The van der Waals surface area contributed by atoms with Gasteiger partial charge in [-0.3, -0.25) is 4.79 Å². The smallest absolute Gasteiger partial charge is 0.256 e. The molecule has 2 aliphatic heterocycles. The van der Waals surface area contributed by atoms with Crippen molar-refractivity contribution in [2.75, 3.05) is 49.1 Å². The topological polar surface area (TPSA) is 70.6 Å². The van der Waals surface area contributed by atoms with Gasteiger partial charge in [0.2, 0.25) is 0 Å². The van der Waals surface area contributed by atoms with E-state index in [4.69, 9.17) is 9.72 Å². The highest BCUT2D eigenvalue weighted by Crippen LogP contribution is 2.26. The van der Waals surface area contributed by atoms with Gasteiger partial charge in [-0.15, -0.1) is 0 Å². The molecule has 8 heteroatoms. The molecule has 3 heterocycles. The monoisotopic (exact) mass is 475 g/mol. The zero-order valence-electron chi connectivity index (χ0n) is 19.9. The normalized spacial score (nSPS) is 18.1. The molecule has 182 valence electrons. The van der Waals surface area contributed by atoms with Crippen LogP contribution in [0.5, 0.6) is 0 Å². The highest BCUT2D eigenvalue weighted by Gasteiger charge is 2.26. The number of nitrogens with zero attached hydrogens (tertiary/aromatic N) is 4. The molecular formula is C27H30FN5O2. The maximum absolute atomic E-state index is 14.3. The summed E-state index contributed by atoms with van der Waals surface area (Å²) in [6.07, 6.45) is 3.65. The SMILES string of the molecule is Cc1cccc(-c2ncc(C(=O)NCC3CCCO3)c(N3CCN(c4ccccc4F)CC3)n2)c1. The van der Waals surface area contributed by atoms with Gasteiger partial charge in [-0.1, -0.05) is 35.9 Å². The first-order valence-corrected chi connectivity index (χ1v) is 12.2. The molecule has 2 aliphatic rings. The number of carbonyl (C=O) groups is 1. The molecule has 5 rings (SSSR count). The Hall–Kier alpha value is -3.52. The molecule has 0 bridgehead atoms. The van der Waals surface area contributed by atoms with Crippen molar-refractivity contribution in [2.45, 2.75) is 25.9 Å². The van der Waals surface area contributed by atoms with Crippen molar-refractivity contribution in [3.05, 3.63) is 71.7 Å². The Bertz CT molecular complexity index is 1190. The number of hydrogen-bond donors (Lipinski definition) is 1. The second-order valence-electron chi connectivity index (χ2n) is 9.07. The van der Waals surface area contributed by atoms with Crippen molar-refractivity contribution >= 4 is 17.4 Å². The van der Waals surface area contributed by atoms with E-state index in [9.17, 15) is 9.18 Å². The number of hydrogen-bond acceptors (Lipinski definition) is 6. The lowest BCUT2D eigenvalue weighted by Crippen LogP contribution is -2.48. The molecule has 7 nitrogen and oxygen atoms in total. The molecule has 2 saturated heterocycles. The molecule has 1 aromatic heterocycles. The molecule has 3 aromatic rings. The van der Waals surface area contributed by atoms with E-state index in [0.717, 1.165) is 30.6 Å². The van der Waals surface area contributed by atoms with E-state index in [-0.39, 0.29) is 17.8 Å². The third kappa shape index (κ3) is 5.27. The van der Waals surface area contributed by atoms with Gasteiger partial charge in [-0.25, -0.2) is 14.4 Å². The Kier molecular flexibility index (Phi) is 6.90. The van der Waals surface area contributed by atoms with Crippen LogP contribution in [0.15, 0.2) is 54.7 Å². The fourth-order valence-electron chi connectivity index (χ4n) is 4.67. The van der Waals surface area contributed by atoms with Crippen molar-refractivity contribution in [1.29, 1.82) is 0 Å². The van der Waals surface area contributed by atoms with Crippen LogP contribution in [0.2, 0.25) is 0 Å². The second kappa shape index (κ2) is 10.4. The number of para-hydroxylation sites is 1. The first-order valence-electron chi connectivity index (χ1n) is 12.2. The Balaban J connectivity index is 1.39. The van der Waals surface area contributed by atoms with E-state index >= 15 is 0 Å². The average Bonchev–Trinajstić information content (AvgIpc) is 3.41. The number of rotatable bonds is 6. The van der Waals surface area contributed by atoms with Gasteiger partial charge in [0.1, 0.15) is 17.2 Å². The molecule has 0 spiro atoms. The highest BCUT2D eigenvalue weighted by molar-refractivity contribution is 5.99. The van der Waals surface area contributed by atoms with Crippen LogP contribution in [0.1, 0.15) is 28.8 Å². The summed E-state index contributed by atoms with van der Waals surface area (Å²) in [7, 11) is 0. The van der Waals surface area contributed by atoms with Gasteiger partial charge >= 0.3 is 0 Å². The van der Waals surface area contributed by atoms with E-state index in [0.29, 0.717) is 55.6 Å². The van der Waals surface area contributed by atoms with Crippen LogP contribution in [-0.2, 0) is 4.74 Å². The van der Waals surface area contributed by atoms with Gasteiger partial charge in [-0.2, -0.15) is 0 Å². The molecule has 2 fully saturated rings. The molecule has 1 atom stereocenters. The molecule has 0 aliphatic carbocycles. The summed E-state index contributed by atoms with van der Waals surface area (Å²) in [5.41, 5.74) is 3.07. The number of piperazine rings is 1. The first-order chi connectivity index (χ1) is 17.1. The molecule has 0 saturated carbocycles. The van der Waals surface area contributed by atoms with Crippen molar-refractivity contribution < 1.29 is 13.9 Å². The predicted octanol–water partition coefficient (Wildman–Crippen LogP) is 3.83. The van der Waals surface area contributed by atoms with Crippen LogP contribution >= 0.6 is 0 Å². The Morgan fingerprint density at radius 2 is 1.91 bits per heavy atom. The fraction of sp³-hybridized carbons (Fsp3) is 0.370. The minimum Gasteiger partial charge on any atom is -0.376 e. The summed E-state index contributed by atoms with van der Waals surface area (Å²) in [6.45, 7) is 5.73. The number of ether oxygens (including phenoxy) is 1. The van der Waals surface area contributed by atoms with Crippen LogP contribution < -0.4 is 15.1 Å². The minimum atomic E-state index is -0.223. The lowest BCUT2D eigenvalue weighted by Gasteiger charge is -2.37. The summed E-state index contributed by atoms with van der Waals surface area (Å²) in [4.78, 5) is 26.7. The van der Waals surface area contributed by atoms with E-state index in [1.54, 1.807) is 18.3 Å². The average molecular weight is 476 g/mol. The van der Waals surface area contributed by atoms with Crippen LogP contribution in [-0.4, -0.2) is 61.3 Å². The Labute approximate surface area is 204 Å². The summed E-state index contributed by atoms with van der Waals surface area (Å²) >= 11 is 0. The zero-order valence-corrected chi connectivity index (χ0v) is 19.9. The van der Waals surface area contributed by atoms with E-state index < -0.39 is 0 Å². The van der Waals surface area contributed by atoms with Crippen LogP contribution in [0, 0.1) is 12.7 Å². The molecular weight excluding hydrogens is 445 g/mol. The maximum atomic E-state index is 14.3. The number of aryl methyl sites for hydroxylation is 1. The quantitative estimate of drug-likeness (QED) is 0.585. The predicted molar refractivity (Wildman–Crippen MR) is 134 cm³/mol. The zero-order chi connectivity index (χ0) is 24.2. The van der Waals surface area contributed by atoms with Crippen molar-refractivity contribution in [2.24, 2.45) is 0 Å². The lowest BCUT2D eigenvalue weighted by atomic mass is 10.1. The fourth-order valence-corrected chi connectivity index (χ4v) is 4.67.